The van der Waals surface area contributed by atoms with Crippen molar-refractivity contribution < 1.29 is 13.2 Å². The van der Waals surface area contributed by atoms with Crippen molar-refractivity contribution in [3.8, 4) is 0 Å². The molecule has 4 rings (SSSR count). The van der Waals surface area contributed by atoms with Gasteiger partial charge in [-0.25, -0.2) is 8.42 Å². The Kier molecular flexibility index (Phi) is 6.09. The van der Waals surface area contributed by atoms with Crippen LogP contribution in [0.15, 0.2) is 71.6 Å². The van der Waals surface area contributed by atoms with E-state index in [0.29, 0.717) is 31.0 Å². The number of halogens is 1. The second-order valence-electron chi connectivity index (χ2n) is 7.34. The fourth-order valence-electron chi connectivity index (χ4n) is 3.76. The minimum Gasteiger partial charge on any atom is -0.336 e. The average Bonchev–Trinajstić information content (AvgIpc) is 2.79. The summed E-state index contributed by atoms with van der Waals surface area (Å²) in [5.41, 5.74) is 1.64. The maximum atomic E-state index is 13.1. The van der Waals surface area contributed by atoms with Crippen molar-refractivity contribution in [1.29, 1.82) is 0 Å². The summed E-state index contributed by atoms with van der Waals surface area (Å²) in [7, 11) is -3.60. The molecule has 3 aromatic carbocycles. The van der Waals surface area contributed by atoms with Crippen molar-refractivity contribution in [2.45, 2.75) is 11.3 Å². The van der Waals surface area contributed by atoms with Crippen molar-refractivity contribution >= 4 is 38.3 Å². The van der Waals surface area contributed by atoms with E-state index in [1.54, 1.807) is 23.1 Å². The highest BCUT2D eigenvalue weighted by Gasteiger charge is 2.30. The molecule has 30 heavy (non-hydrogen) atoms. The molecule has 3 aromatic rings. The predicted octanol–water partition coefficient (Wildman–Crippen LogP) is 3.77. The number of aryl methyl sites for hydroxylation is 1. The summed E-state index contributed by atoms with van der Waals surface area (Å²) < 4.78 is 27.7. The monoisotopic (exact) mass is 442 g/mol. The molecule has 0 bridgehead atoms. The Morgan fingerprint density at radius 3 is 2.33 bits per heavy atom. The van der Waals surface area contributed by atoms with E-state index in [-0.39, 0.29) is 23.9 Å². The number of fused-ring (bicyclic) bond motifs is 1. The second-order valence-corrected chi connectivity index (χ2v) is 9.66. The van der Waals surface area contributed by atoms with Gasteiger partial charge in [-0.2, -0.15) is 4.31 Å². The van der Waals surface area contributed by atoms with E-state index < -0.39 is 10.0 Å². The first kappa shape index (κ1) is 20.8. The molecule has 1 heterocycles. The standard InChI is InChI=1S/C23H23ClN2O3S/c24-11-10-18-4-3-7-21(16-18)23(27)25-12-14-26(15-13-25)30(28,29)22-9-8-19-5-1-2-6-20(19)17-22/h1-9,16-17H,10-15H2. The van der Waals surface area contributed by atoms with Gasteiger partial charge in [0.1, 0.15) is 0 Å². The van der Waals surface area contributed by atoms with Gasteiger partial charge in [-0.15, -0.1) is 11.6 Å². The smallest absolute Gasteiger partial charge is 0.253 e. The molecule has 1 saturated heterocycles. The summed E-state index contributed by atoms with van der Waals surface area (Å²) in [4.78, 5) is 14.9. The Morgan fingerprint density at radius 1 is 0.867 bits per heavy atom. The molecule has 156 valence electrons. The van der Waals surface area contributed by atoms with Gasteiger partial charge in [0.25, 0.3) is 5.91 Å². The maximum Gasteiger partial charge on any atom is 0.253 e. The van der Waals surface area contributed by atoms with E-state index in [0.717, 1.165) is 16.3 Å². The molecule has 1 fully saturated rings. The van der Waals surface area contributed by atoms with Crippen LogP contribution in [-0.4, -0.2) is 55.6 Å². The zero-order chi connectivity index (χ0) is 21.1. The summed E-state index contributed by atoms with van der Waals surface area (Å²) in [5, 5.41) is 1.90. The zero-order valence-corrected chi connectivity index (χ0v) is 18.1. The number of carbonyl (C=O) groups is 1. The van der Waals surface area contributed by atoms with Crippen LogP contribution in [0.2, 0.25) is 0 Å². The summed E-state index contributed by atoms with van der Waals surface area (Å²) in [5.74, 6) is 0.428. The van der Waals surface area contributed by atoms with Crippen LogP contribution in [0, 0.1) is 0 Å². The van der Waals surface area contributed by atoms with Crippen LogP contribution in [0.5, 0.6) is 0 Å². The highest BCUT2D eigenvalue weighted by atomic mass is 35.5. The largest absolute Gasteiger partial charge is 0.336 e. The topological polar surface area (TPSA) is 57.7 Å². The molecule has 1 aliphatic rings. The maximum absolute atomic E-state index is 13.1. The van der Waals surface area contributed by atoms with Crippen LogP contribution in [0.4, 0.5) is 0 Å². The minimum atomic E-state index is -3.60. The SMILES string of the molecule is O=C(c1cccc(CCCl)c1)N1CCN(S(=O)(=O)c2ccc3ccccc3c2)CC1. The average molecular weight is 443 g/mol. The Morgan fingerprint density at radius 2 is 1.60 bits per heavy atom. The zero-order valence-electron chi connectivity index (χ0n) is 16.5. The Hall–Kier alpha value is -2.41. The summed E-state index contributed by atoms with van der Waals surface area (Å²) in [6.07, 6.45) is 0.709. The molecule has 5 nitrogen and oxygen atoms in total. The van der Waals surface area contributed by atoms with Crippen molar-refractivity contribution in [3.63, 3.8) is 0 Å². The summed E-state index contributed by atoms with van der Waals surface area (Å²) in [6, 6.07) is 20.3. The highest BCUT2D eigenvalue weighted by molar-refractivity contribution is 7.89. The van der Waals surface area contributed by atoms with Gasteiger partial charge >= 0.3 is 0 Å². The number of benzene rings is 3. The number of hydrogen-bond donors (Lipinski definition) is 0. The molecule has 1 aliphatic heterocycles. The second kappa shape index (κ2) is 8.76. The number of carbonyl (C=O) groups excluding carboxylic acids is 1. The van der Waals surface area contributed by atoms with Crippen LogP contribution < -0.4 is 0 Å². The lowest BCUT2D eigenvalue weighted by molar-refractivity contribution is 0.0698. The Labute approximate surface area is 181 Å². The lowest BCUT2D eigenvalue weighted by Crippen LogP contribution is -2.50. The highest BCUT2D eigenvalue weighted by Crippen LogP contribution is 2.23. The van der Waals surface area contributed by atoms with Crippen molar-refractivity contribution in [2.75, 3.05) is 32.1 Å². The fourth-order valence-corrected chi connectivity index (χ4v) is 5.44. The molecule has 0 N–H and O–H groups in total. The van der Waals surface area contributed by atoms with Gasteiger partial charge in [-0.1, -0.05) is 42.5 Å². The first-order valence-electron chi connectivity index (χ1n) is 9.92. The number of amides is 1. The van der Waals surface area contributed by atoms with Gasteiger partial charge in [-0.3, -0.25) is 4.79 Å². The van der Waals surface area contributed by atoms with Crippen molar-refractivity contribution in [2.24, 2.45) is 0 Å². The molecular formula is C23H23ClN2O3S. The number of rotatable bonds is 5. The fraction of sp³-hybridized carbons (Fsp3) is 0.261. The molecule has 7 heteroatoms. The first-order chi connectivity index (χ1) is 14.5. The van der Waals surface area contributed by atoms with Gasteiger partial charge in [-0.05, 0) is 47.0 Å². The number of alkyl halides is 1. The van der Waals surface area contributed by atoms with Crippen LogP contribution in [0.25, 0.3) is 10.8 Å². The van der Waals surface area contributed by atoms with Crippen LogP contribution in [-0.2, 0) is 16.4 Å². The van der Waals surface area contributed by atoms with Crippen molar-refractivity contribution in [1.82, 2.24) is 9.21 Å². The number of sulfonamides is 1. The van der Waals surface area contributed by atoms with E-state index in [1.807, 2.05) is 48.5 Å². The van der Waals surface area contributed by atoms with Gasteiger partial charge in [0.05, 0.1) is 4.90 Å². The van der Waals surface area contributed by atoms with E-state index >= 15 is 0 Å². The summed E-state index contributed by atoms with van der Waals surface area (Å²) in [6.45, 7) is 1.29. The van der Waals surface area contributed by atoms with Crippen LogP contribution in [0.1, 0.15) is 15.9 Å². The van der Waals surface area contributed by atoms with E-state index in [2.05, 4.69) is 0 Å². The molecule has 0 aromatic heterocycles. The molecule has 0 unspecified atom stereocenters. The third-order valence-electron chi connectivity index (χ3n) is 5.44. The Bertz CT molecular complexity index is 1170. The number of hydrogen-bond acceptors (Lipinski definition) is 3. The molecule has 0 aliphatic carbocycles. The summed E-state index contributed by atoms with van der Waals surface area (Å²) >= 11 is 5.80. The lowest BCUT2D eigenvalue weighted by Gasteiger charge is -2.34. The number of nitrogens with zero attached hydrogens (tertiary/aromatic N) is 2. The van der Waals surface area contributed by atoms with Crippen LogP contribution >= 0.6 is 11.6 Å². The van der Waals surface area contributed by atoms with E-state index in [9.17, 15) is 13.2 Å². The van der Waals surface area contributed by atoms with Crippen LogP contribution in [0.3, 0.4) is 0 Å². The molecule has 0 radical (unpaired) electrons. The molecule has 0 atom stereocenters. The third-order valence-corrected chi connectivity index (χ3v) is 7.53. The molecule has 0 spiro atoms. The minimum absolute atomic E-state index is 0.0748. The van der Waals surface area contributed by atoms with E-state index in [4.69, 9.17) is 11.6 Å². The lowest BCUT2D eigenvalue weighted by atomic mass is 10.1. The number of piperazine rings is 1. The Balaban J connectivity index is 1.46. The van der Waals surface area contributed by atoms with Crippen molar-refractivity contribution in [3.05, 3.63) is 77.9 Å². The first-order valence-corrected chi connectivity index (χ1v) is 11.9. The molecular weight excluding hydrogens is 420 g/mol. The van der Waals surface area contributed by atoms with Gasteiger partial charge in [0.2, 0.25) is 10.0 Å². The molecule has 1 amide bonds. The third kappa shape index (κ3) is 4.21. The normalized spacial score (nSPS) is 15.4. The quantitative estimate of drug-likeness (QED) is 0.565. The predicted molar refractivity (Wildman–Crippen MR) is 119 cm³/mol. The molecule has 0 saturated carbocycles. The van der Waals surface area contributed by atoms with E-state index in [1.165, 1.54) is 4.31 Å². The van der Waals surface area contributed by atoms with Gasteiger partial charge < -0.3 is 4.90 Å². The van der Waals surface area contributed by atoms with Gasteiger partial charge in [0, 0.05) is 37.6 Å². The van der Waals surface area contributed by atoms with Gasteiger partial charge in [0.15, 0.2) is 0 Å².